The molecule has 2 aromatic rings. The number of benzene rings is 1. The fourth-order valence-corrected chi connectivity index (χ4v) is 4.97. The van der Waals surface area contributed by atoms with Gasteiger partial charge >= 0.3 is 0 Å². The third-order valence-electron chi connectivity index (χ3n) is 6.12. The second-order valence-electron chi connectivity index (χ2n) is 8.04. The van der Waals surface area contributed by atoms with Crippen molar-refractivity contribution in [3.8, 4) is 11.4 Å². The molecule has 3 fully saturated rings. The summed E-state index contributed by atoms with van der Waals surface area (Å²) in [6.07, 6.45) is 6.09. The zero-order chi connectivity index (χ0) is 19.6. The van der Waals surface area contributed by atoms with Crippen LogP contribution in [-0.4, -0.2) is 62.8 Å². The Hall–Kier alpha value is -2.10. The smallest absolute Gasteiger partial charge is 0.182 e. The Morgan fingerprint density at radius 3 is 2.62 bits per heavy atom. The lowest BCUT2D eigenvalue weighted by Gasteiger charge is -2.26. The predicted octanol–water partition coefficient (Wildman–Crippen LogP) is 1.84. The van der Waals surface area contributed by atoms with E-state index in [-0.39, 0.29) is 24.3 Å². The maximum absolute atomic E-state index is 6.12. The van der Waals surface area contributed by atoms with E-state index in [4.69, 9.17) is 21.7 Å². The molecule has 1 aromatic heterocycles. The van der Waals surface area contributed by atoms with Crippen LogP contribution in [0.15, 0.2) is 30.3 Å². The van der Waals surface area contributed by atoms with Gasteiger partial charge in [0, 0.05) is 11.6 Å². The highest BCUT2D eigenvalue weighted by atomic mass is 32.1. The molecule has 0 spiro atoms. The van der Waals surface area contributed by atoms with Crippen molar-refractivity contribution in [2.75, 3.05) is 13.2 Å². The number of hydrogen-bond donors (Lipinski definition) is 2. The van der Waals surface area contributed by atoms with Crippen molar-refractivity contribution in [1.29, 1.82) is 0 Å². The van der Waals surface area contributed by atoms with Gasteiger partial charge in [0.1, 0.15) is 18.2 Å². The second-order valence-corrected chi connectivity index (χ2v) is 8.44. The van der Waals surface area contributed by atoms with Gasteiger partial charge in [-0.2, -0.15) is 0 Å². The van der Waals surface area contributed by atoms with Crippen molar-refractivity contribution in [1.82, 2.24) is 30.8 Å². The third kappa shape index (κ3) is 3.86. The van der Waals surface area contributed by atoms with Crippen LogP contribution < -0.4 is 10.6 Å². The Kier molecular flexibility index (Phi) is 5.43. The lowest BCUT2D eigenvalue weighted by atomic mass is 9.96. The van der Waals surface area contributed by atoms with Gasteiger partial charge in [-0.3, -0.25) is 0 Å². The van der Waals surface area contributed by atoms with Crippen molar-refractivity contribution in [2.24, 2.45) is 0 Å². The summed E-state index contributed by atoms with van der Waals surface area (Å²) in [5.41, 5.74) is 0.978. The fourth-order valence-electron chi connectivity index (χ4n) is 4.65. The van der Waals surface area contributed by atoms with Gasteiger partial charge in [-0.15, -0.1) is 5.10 Å². The molecule has 5 rings (SSSR count). The third-order valence-corrected chi connectivity index (χ3v) is 6.36. The molecule has 154 valence electrons. The first-order chi connectivity index (χ1) is 14.3. The predicted molar refractivity (Wildman–Crippen MR) is 111 cm³/mol. The number of ether oxygens (including phenoxy) is 2. The topological polar surface area (TPSA) is 86.1 Å². The molecule has 0 bridgehead atoms. The average molecular weight is 415 g/mol. The number of fused-ring (bicyclic) bond motifs is 1. The molecule has 0 amide bonds. The Bertz CT molecular complexity index is 841. The summed E-state index contributed by atoms with van der Waals surface area (Å²) in [6.45, 7) is 1.07. The largest absolute Gasteiger partial charge is 0.371 e. The molecule has 3 aliphatic rings. The molecule has 9 heteroatoms. The normalized spacial score (nSPS) is 29.5. The molecule has 3 heterocycles. The number of nitrogens with one attached hydrogen (secondary N) is 2. The summed E-state index contributed by atoms with van der Waals surface area (Å²) in [5.74, 6) is 0.731. The fraction of sp³-hybridized carbons (Fsp3) is 0.600. The number of rotatable bonds is 4. The van der Waals surface area contributed by atoms with Crippen molar-refractivity contribution >= 4 is 17.3 Å². The Balaban J connectivity index is 1.24. The molecule has 1 saturated carbocycles. The van der Waals surface area contributed by atoms with Crippen LogP contribution in [0.25, 0.3) is 11.4 Å². The van der Waals surface area contributed by atoms with Gasteiger partial charge in [-0.05, 0) is 35.5 Å². The van der Waals surface area contributed by atoms with Crippen LogP contribution in [0.2, 0.25) is 0 Å². The van der Waals surface area contributed by atoms with Gasteiger partial charge in [0.05, 0.1) is 19.3 Å². The summed E-state index contributed by atoms with van der Waals surface area (Å²) in [6, 6.07) is 10.4. The van der Waals surface area contributed by atoms with Gasteiger partial charge in [0.15, 0.2) is 10.9 Å². The number of thiocarbonyl (C=S) groups is 1. The van der Waals surface area contributed by atoms with Crippen LogP contribution in [0.1, 0.15) is 38.1 Å². The molecule has 2 N–H and O–H groups in total. The number of tetrazole rings is 1. The summed E-state index contributed by atoms with van der Waals surface area (Å²) in [5, 5.41) is 19.9. The minimum Gasteiger partial charge on any atom is -0.371 e. The summed E-state index contributed by atoms with van der Waals surface area (Å²) >= 11 is 5.55. The number of hydrogen-bond acceptors (Lipinski definition) is 6. The molecule has 4 unspecified atom stereocenters. The maximum Gasteiger partial charge on any atom is 0.182 e. The quantitative estimate of drug-likeness (QED) is 0.733. The lowest BCUT2D eigenvalue weighted by molar-refractivity contribution is 0.0626. The van der Waals surface area contributed by atoms with Crippen LogP contribution in [0.4, 0.5) is 0 Å². The van der Waals surface area contributed by atoms with Crippen molar-refractivity contribution in [3.05, 3.63) is 30.3 Å². The molecule has 29 heavy (non-hydrogen) atoms. The van der Waals surface area contributed by atoms with E-state index in [0.717, 1.165) is 11.4 Å². The molecule has 4 atom stereocenters. The molecular formula is C20H26N6O2S. The van der Waals surface area contributed by atoms with Crippen LogP contribution in [0, 0.1) is 0 Å². The van der Waals surface area contributed by atoms with Gasteiger partial charge in [0.25, 0.3) is 0 Å². The second kappa shape index (κ2) is 8.33. The molecular weight excluding hydrogens is 388 g/mol. The van der Waals surface area contributed by atoms with Crippen LogP contribution in [0.5, 0.6) is 0 Å². The highest BCUT2D eigenvalue weighted by Crippen LogP contribution is 2.35. The molecule has 1 aromatic carbocycles. The van der Waals surface area contributed by atoms with Crippen LogP contribution in [0.3, 0.4) is 0 Å². The first kappa shape index (κ1) is 18.9. The maximum atomic E-state index is 6.12. The van der Waals surface area contributed by atoms with E-state index in [2.05, 4.69) is 26.2 Å². The number of nitrogens with zero attached hydrogens (tertiary/aromatic N) is 4. The van der Waals surface area contributed by atoms with E-state index in [1.807, 2.05) is 35.0 Å². The van der Waals surface area contributed by atoms with Crippen LogP contribution >= 0.6 is 12.2 Å². The number of aromatic nitrogens is 4. The standard InChI is InChI=1S/C20H26N6O2S/c29-20(21-14-9-5-2-6-10-14)22-15-11-27-18-16(12-28-17(15)18)26-19(23-24-25-26)13-7-3-1-4-8-13/h1,3-4,7-8,14-18H,2,5-6,9-12H2,(H2,21,22,29). The Morgan fingerprint density at radius 2 is 1.79 bits per heavy atom. The van der Waals surface area contributed by atoms with E-state index in [1.54, 1.807) is 0 Å². The van der Waals surface area contributed by atoms with E-state index < -0.39 is 0 Å². The highest BCUT2D eigenvalue weighted by molar-refractivity contribution is 7.80. The monoisotopic (exact) mass is 414 g/mol. The van der Waals surface area contributed by atoms with Crippen molar-refractivity contribution in [2.45, 2.75) is 62.4 Å². The molecule has 8 nitrogen and oxygen atoms in total. The summed E-state index contributed by atoms with van der Waals surface area (Å²) < 4.78 is 14.1. The molecule has 1 aliphatic carbocycles. The summed E-state index contributed by atoms with van der Waals surface area (Å²) in [7, 11) is 0. The molecule has 0 radical (unpaired) electrons. The zero-order valence-corrected chi connectivity index (χ0v) is 17.1. The van der Waals surface area contributed by atoms with E-state index >= 15 is 0 Å². The zero-order valence-electron chi connectivity index (χ0n) is 16.2. The minimum atomic E-state index is -0.101. The molecule has 2 saturated heterocycles. The Morgan fingerprint density at radius 1 is 1.00 bits per heavy atom. The lowest BCUT2D eigenvalue weighted by Crippen LogP contribution is -2.50. The van der Waals surface area contributed by atoms with Gasteiger partial charge in [0.2, 0.25) is 0 Å². The minimum absolute atomic E-state index is 0.0326. The van der Waals surface area contributed by atoms with E-state index in [0.29, 0.717) is 24.4 Å². The van der Waals surface area contributed by atoms with Crippen molar-refractivity contribution in [3.63, 3.8) is 0 Å². The summed E-state index contributed by atoms with van der Waals surface area (Å²) in [4.78, 5) is 0. The average Bonchev–Trinajstić information content (AvgIpc) is 3.47. The van der Waals surface area contributed by atoms with Gasteiger partial charge in [-0.1, -0.05) is 49.6 Å². The van der Waals surface area contributed by atoms with Crippen molar-refractivity contribution < 1.29 is 9.47 Å². The van der Waals surface area contributed by atoms with E-state index in [9.17, 15) is 0 Å². The molecule has 2 aliphatic heterocycles. The SMILES string of the molecule is S=C(NC1CCCCC1)NC1COC2C1OCC2n1nnnc1-c1ccccc1. The highest BCUT2D eigenvalue weighted by Gasteiger charge is 2.49. The van der Waals surface area contributed by atoms with Gasteiger partial charge < -0.3 is 20.1 Å². The Labute approximate surface area is 175 Å². The van der Waals surface area contributed by atoms with Gasteiger partial charge in [-0.25, -0.2) is 4.68 Å². The first-order valence-corrected chi connectivity index (χ1v) is 10.8. The first-order valence-electron chi connectivity index (χ1n) is 10.4. The van der Waals surface area contributed by atoms with E-state index in [1.165, 1.54) is 32.1 Å². The van der Waals surface area contributed by atoms with Crippen LogP contribution in [-0.2, 0) is 9.47 Å².